The summed E-state index contributed by atoms with van der Waals surface area (Å²) in [4.78, 5) is 43.9. The number of aromatic nitrogens is 2. The summed E-state index contributed by atoms with van der Waals surface area (Å²) in [5, 5.41) is 17.6. The summed E-state index contributed by atoms with van der Waals surface area (Å²) >= 11 is 0. The van der Waals surface area contributed by atoms with E-state index in [4.69, 9.17) is 9.57 Å². The Hall–Kier alpha value is -3.47. The van der Waals surface area contributed by atoms with Crippen molar-refractivity contribution in [2.24, 2.45) is 11.1 Å². The van der Waals surface area contributed by atoms with E-state index >= 15 is 0 Å². The molecule has 0 saturated carbocycles. The van der Waals surface area contributed by atoms with Crippen LogP contribution >= 0.6 is 0 Å². The van der Waals surface area contributed by atoms with E-state index in [0.717, 1.165) is 15.2 Å². The van der Waals surface area contributed by atoms with Gasteiger partial charge in [-0.15, -0.1) is 0 Å². The van der Waals surface area contributed by atoms with E-state index < -0.39 is 29.2 Å². The first-order valence-electron chi connectivity index (χ1n) is 11.7. The van der Waals surface area contributed by atoms with Gasteiger partial charge in [0.05, 0.1) is 31.5 Å². The van der Waals surface area contributed by atoms with E-state index in [2.05, 4.69) is 10.5 Å². The van der Waals surface area contributed by atoms with E-state index in [1.54, 1.807) is 41.5 Å². The third-order valence-electron chi connectivity index (χ3n) is 5.32. The maximum absolute atomic E-state index is 13.9. The van der Waals surface area contributed by atoms with Gasteiger partial charge in [-0.1, -0.05) is 19.0 Å². The van der Waals surface area contributed by atoms with Gasteiger partial charge >= 0.3 is 5.69 Å². The molecule has 0 aliphatic heterocycles. The van der Waals surface area contributed by atoms with Crippen molar-refractivity contribution in [2.45, 2.75) is 72.9 Å². The van der Waals surface area contributed by atoms with Crippen molar-refractivity contribution < 1.29 is 23.9 Å². The molecule has 2 rings (SSSR count). The molecule has 1 unspecified atom stereocenters. The summed E-state index contributed by atoms with van der Waals surface area (Å²) in [6, 6.07) is 3.16. The van der Waals surface area contributed by atoms with Crippen LogP contribution in [0.15, 0.2) is 39.1 Å². The molecule has 198 valence electrons. The number of benzene rings is 1. The topological polar surface area (TPSA) is 124 Å². The minimum atomic E-state index is -1.32. The molecule has 0 spiro atoms. The highest BCUT2D eigenvalue weighted by molar-refractivity contribution is 5.97. The van der Waals surface area contributed by atoms with Gasteiger partial charge in [0.2, 0.25) is 5.91 Å². The predicted octanol–water partition coefficient (Wildman–Crippen LogP) is 2.20. The van der Waals surface area contributed by atoms with Gasteiger partial charge in [-0.05, 0) is 45.9 Å². The zero-order valence-electron chi connectivity index (χ0n) is 21.7. The highest BCUT2D eigenvalue weighted by Crippen LogP contribution is 2.26. The van der Waals surface area contributed by atoms with Crippen molar-refractivity contribution >= 4 is 11.6 Å². The Morgan fingerprint density at radius 3 is 2.42 bits per heavy atom. The van der Waals surface area contributed by atoms with Crippen LogP contribution in [0.3, 0.4) is 0 Å². The van der Waals surface area contributed by atoms with Crippen molar-refractivity contribution in [1.29, 1.82) is 0 Å². The number of ether oxygens (including phenoxy) is 1. The number of aliphatic hydroxyl groups is 1. The lowest BCUT2D eigenvalue weighted by atomic mass is 10.1. The van der Waals surface area contributed by atoms with E-state index in [1.165, 1.54) is 25.4 Å². The number of amides is 1. The molecule has 0 saturated heterocycles. The number of oxime groups is 1. The first-order valence-corrected chi connectivity index (χ1v) is 11.7. The summed E-state index contributed by atoms with van der Waals surface area (Å²) < 4.78 is 21.2. The van der Waals surface area contributed by atoms with Crippen LogP contribution in [0.1, 0.15) is 58.8 Å². The molecular formula is C25H35FN4O6. The number of hydrogen-bond donors (Lipinski definition) is 2. The van der Waals surface area contributed by atoms with Crippen molar-refractivity contribution in [1.82, 2.24) is 14.5 Å². The van der Waals surface area contributed by atoms with E-state index in [1.807, 2.05) is 0 Å². The van der Waals surface area contributed by atoms with Crippen LogP contribution in [-0.2, 0) is 22.7 Å². The maximum Gasteiger partial charge on any atom is 0.331 e. The summed E-state index contributed by atoms with van der Waals surface area (Å²) in [5.41, 5.74) is -0.867. The van der Waals surface area contributed by atoms with Crippen molar-refractivity contribution in [3.05, 3.63) is 62.2 Å². The SMILES string of the molecule is COc1ccc(F)cc1C(O)Cn1cc(/C(C)=N/OC(C)C)c(=O)n(C[C@H](C)NC(=O)C(C)C)c1=O. The Kier molecular flexibility index (Phi) is 9.97. The molecule has 11 heteroatoms. The fourth-order valence-electron chi connectivity index (χ4n) is 3.41. The number of nitrogens with zero attached hydrogens (tertiary/aromatic N) is 3. The van der Waals surface area contributed by atoms with Gasteiger partial charge in [0, 0.05) is 23.7 Å². The van der Waals surface area contributed by atoms with Crippen LogP contribution in [0.25, 0.3) is 0 Å². The van der Waals surface area contributed by atoms with Gasteiger partial charge in [-0.3, -0.25) is 18.7 Å². The van der Waals surface area contributed by atoms with Crippen LogP contribution < -0.4 is 21.3 Å². The van der Waals surface area contributed by atoms with Crippen LogP contribution in [0, 0.1) is 11.7 Å². The van der Waals surface area contributed by atoms with Crippen molar-refractivity contribution in [2.75, 3.05) is 7.11 Å². The predicted molar refractivity (Wildman–Crippen MR) is 134 cm³/mol. The van der Waals surface area contributed by atoms with Crippen LogP contribution in [-0.4, -0.2) is 45.1 Å². The molecule has 2 aromatic rings. The summed E-state index contributed by atoms with van der Waals surface area (Å²) in [7, 11) is 1.38. The van der Waals surface area contributed by atoms with E-state index in [-0.39, 0.29) is 53.6 Å². The maximum atomic E-state index is 13.9. The lowest BCUT2D eigenvalue weighted by molar-refractivity contribution is -0.124. The van der Waals surface area contributed by atoms with Gasteiger partial charge in [0.1, 0.15) is 23.8 Å². The smallest absolute Gasteiger partial charge is 0.331 e. The zero-order valence-corrected chi connectivity index (χ0v) is 21.7. The third kappa shape index (κ3) is 7.27. The minimum Gasteiger partial charge on any atom is -0.496 e. The molecule has 0 bridgehead atoms. The Morgan fingerprint density at radius 2 is 1.83 bits per heavy atom. The largest absolute Gasteiger partial charge is 0.496 e. The molecule has 0 radical (unpaired) electrons. The molecular weight excluding hydrogens is 471 g/mol. The second kappa shape index (κ2) is 12.5. The Labute approximate surface area is 209 Å². The molecule has 10 nitrogen and oxygen atoms in total. The Bertz CT molecular complexity index is 1220. The summed E-state index contributed by atoms with van der Waals surface area (Å²) in [6.45, 7) is 9.86. The van der Waals surface area contributed by atoms with Crippen LogP contribution in [0.5, 0.6) is 5.75 Å². The fourth-order valence-corrected chi connectivity index (χ4v) is 3.41. The standard InChI is InChI=1S/C25H35FN4O6/c1-14(2)23(32)27-16(5)11-30-24(33)20(17(6)28-36-15(3)4)12-29(25(30)34)13-21(31)19-10-18(26)8-9-22(19)35-7/h8-10,12,14-16,21,31H,11,13H2,1-7H3,(H,27,32)/b28-17+/t16-,21?/m0/s1. The van der Waals surface area contributed by atoms with Gasteiger partial charge in [-0.2, -0.15) is 0 Å². The Morgan fingerprint density at radius 1 is 1.17 bits per heavy atom. The van der Waals surface area contributed by atoms with Crippen molar-refractivity contribution in [3.63, 3.8) is 0 Å². The lowest BCUT2D eigenvalue weighted by Crippen LogP contribution is -2.48. The first kappa shape index (κ1) is 28.8. The molecule has 2 N–H and O–H groups in total. The normalized spacial score (nSPS) is 13.6. The second-order valence-electron chi connectivity index (χ2n) is 9.19. The average Bonchev–Trinajstić information content (AvgIpc) is 2.81. The van der Waals surface area contributed by atoms with Gasteiger partial charge in [0.15, 0.2) is 0 Å². The molecule has 0 fully saturated rings. The molecule has 1 aromatic heterocycles. The number of hydrogen-bond acceptors (Lipinski definition) is 7. The average molecular weight is 507 g/mol. The first-order chi connectivity index (χ1) is 16.8. The molecule has 36 heavy (non-hydrogen) atoms. The van der Waals surface area contributed by atoms with Crippen LogP contribution in [0.2, 0.25) is 0 Å². The van der Waals surface area contributed by atoms with E-state index in [9.17, 15) is 23.9 Å². The van der Waals surface area contributed by atoms with Crippen LogP contribution in [0.4, 0.5) is 4.39 Å². The third-order valence-corrected chi connectivity index (χ3v) is 5.32. The molecule has 1 amide bonds. The highest BCUT2D eigenvalue weighted by atomic mass is 19.1. The van der Waals surface area contributed by atoms with E-state index in [0.29, 0.717) is 0 Å². The lowest BCUT2D eigenvalue weighted by Gasteiger charge is -2.20. The number of carbonyl (C=O) groups is 1. The minimum absolute atomic E-state index is 0.0797. The highest BCUT2D eigenvalue weighted by Gasteiger charge is 2.21. The molecule has 0 aliphatic carbocycles. The summed E-state index contributed by atoms with van der Waals surface area (Å²) in [5.74, 6) is -0.820. The molecule has 1 heterocycles. The van der Waals surface area contributed by atoms with Gasteiger partial charge < -0.3 is 20.0 Å². The monoisotopic (exact) mass is 506 g/mol. The fraction of sp³-hybridized carbons (Fsp3) is 0.520. The Balaban J connectivity index is 2.57. The zero-order chi connectivity index (χ0) is 27.2. The molecule has 0 aliphatic rings. The summed E-state index contributed by atoms with van der Waals surface area (Å²) in [6.07, 6.45) is -0.272. The number of carbonyl (C=O) groups excluding carboxylic acids is 1. The second-order valence-corrected chi connectivity index (χ2v) is 9.19. The molecule has 2 atom stereocenters. The number of aliphatic hydroxyl groups excluding tert-OH is 1. The number of nitrogens with one attached hydrogen (secondary N) is 1. The number of halogens is 1. The molecule has 1 aromatic carbocycles. The van der Waals surface area contributed by atoms with Gasteiger partial charge in [0.25, 0.3) is 5.56 Å². The quantitative estimate of drug-likeness (QED) is 0.356. The van der Waals surface area contributed by atoms with Crippen molar-refractivity contribution in [3.8, 4) is 5.75 Å². The number of methoxy groups -OCH3 is 1. The number of rotatable bonds is 11. The van der Waals surface area contributed by atoms with Gasteiger partial charge in [-0.25, -0.2) is 9.18 Å².